The Morgan fingerprint density at radius 1 is 1.23 bits per heavy atom. The number of benzene rings is 1. The molecule has 7 rings (SSSR count). The maximum Gasteiger partial charge on any atom is 0.230 e. The number of carbonyl (C=O) groups is 1. The van der Waals surface area contributed by atoms with Crippen LogP contribution in [0.1, 0.15) is 55.5 Å². The van der Waals surface area contributed by atoms with Crippen LogP contribution in [0.5, 0.6) is 0 Å². The van der Waals surface area contributed by atoms with Crippen molar-refractivity contribution < 1.29 is 9.18 Å². The van der Waals surface area contributed by atoms with Crippen molar-refractivity contribution in [1.82, 2.24) is 24.5 Å². The van der Waals surface area contributed by atoms with Gasteiger partial charge in [-0.3, -0.25) is 9.48 Å². The van der Waals surface area contributed by atoms with Crippen molar-refractivity contribution in [3.8, 4) is 0 Å². The summed E-state index contributed by atoms with van der Waals surface area (Å²) in [6.45, 7) is 4.25. The van der Waals surface area contributed by atoms with E-state index in [9.17, 15) is 9.18 Å². The van der Waals surface area contributed by atoms with Crippen LogP contribution in [-0.2, 0) is 16.9 Å². The van der Waals surface area contributed by atoms with E-state index in [1.807, 2.05) is 29.5 Å². The first kappa shape index (κ1) is 23.2. The summed E-state index contributed by atoms with van der Waals surface area (Å²) in [7, 11) is 0. The van der Waals surface area contributed by atoms with E-state index in [4.69, 9.17) is 11.6 Å². The Hall–Kier alpha value is -2.26. The lowest BCUT2D eigenvalue weighted by atomic mass is 9.46. The summed E-state index contributed by atoms with van der Waals surface area (Å²) in [4.78, 5) is 18.3. The molecule has 4 aliphatic carbocycles. The molecule has 4 saturated carbocycles. The van der Waals surface area contributed by atoms with Crippen LogP contribution >= 0.6 is 27.5 Å². The SMILES string of the molecule is Cc1nn(Cc2ccc(F)cc2Cl)c(C)c1NC(=O)C12CC3CC(C1)CC(n1cnc(Br)n1)(C3)C2. The molecule has 35 heavy (non-hydrogen) atoms. The minimum atomic E-state index is -0.413. The summed E-state index contributed by atoms with van der Waals surface area (Å²) in [5.74, 6) is 0.762. The first-order valence-corrected chi connectivity index (χ1v) is 13.2. The van der Waals surface area contributed by atoms with Crippen LogP contribution in [-0.4, -0.2) is 30.5 Å². The van der Waals surface area contributed by atoms with E-state index in [1.165, 1.54) is 18.6 Å². The molecule has 4 fully saturated rings. The summed E-state index contributed by atoms with van der Waals surface area (Å²) < 4.78 is 17.9. The number of halogens is 3. The van der Waals surface area contributed by atoms with Gasteiger partial charge in [0.05, 0.1) is 34.6 Å². The van der Waals surface area contributed by atoms with Gasteiger partial charge in [0.2, 0.25) is 10.6 Å². The van der Waals surface area contributed by atoms with Gasteiger partial charge < -0.3 is 5.32 Å². The predicted molar refractivity (Wildman–Crippen MR) is 134 cm³/mol. The van der Waals surface area contributed by atoms with E-state index in [2.05, 4.69) is 36.4 Å². The summed E-state index contributed by atoms with van der Waals surface area (Å²) >= 11 is 9.63. The zero-order chi connectivity index (χ0) is 24.5. The third kappa shape index (κ3) is 3.82. The fraction of sp³-hybridized carbons (Fsp3) is 0.520. The molecule has 0 aliphatic heterocycles. The predicted octanol–water partition coefficient (Wildman–Crippen LogP) is 5.63. The highest BCUT2D eigenvalue weighted by atomic mass is 79.9. The number of amides is 1. The molecular formula is C25H27BrClFN6O. The van der Waals surface area contributed by atoms with E-state index in [1.54, 1.807) is 6.07 Å². The van der Waals surface area contributed by atoms with Gasteiger partial charge in [0.1, 0.15) is 12.1 Å². The van der Waals surface area contributed by atoms with Crippen molar-refractivity contribution in [2.24, 2.45) is 17.3 Å². The molecule has 7 nitrogen and oxygen atoms in total. The lowest BCUT2D eigenvalue weighted by Gasteiger charge is -2.60. The molecule has 4 aliphatic rings. The van der Waals surface area contributed by atoms with Gasteiger partial charge in [0.25, 0.3) is 0 Å². The summed E-state index contributed by atoms with van der Waals surface area (Å²) in [6.07, 6.45) is 7.75. The Morgan fingerprint density at radius 3 is 2.63 bits per heavy atom. The number of carbonyl (C=O) groups excluding carboxylic acids is 1. The van der Waals surface area contributed by atoms with Crippen LogP contribution in [0.15, 0.2) is 29.3 Å². The number of hydrogen-bond acceptors (Lipinski definition) is 4. The number of nitrogens with one attached hydrogen (secondary N) is 1. The number of nitrogens with zero attached hydrogens (tertiary/aromatic N) is 5. The van der Waals surface area contributed by atoms with Crippen molar-refractivity contribution >= 4 is 39.1 Å². The van der Waals surface area contributed by atoms with E-state index >= 15 is 0 Å². The van der Waals surface area contributed by atoms with Crippen LogP contribution in [0, 0.1) is 36.9 Å². The average Bonchev–Trinajstić information content (AvgIpc) is 3.34. The van der Waals surface area contributed by atoms with Gasteiger partial charge in [-0.1, -0.05) is 17.7 Å². The van der Waals surface area contributed by atoms with E-state index in [-0.39, 0.29) is 17.3 Å². The Morgan fingerprint density at radius 2 is 1.97 bits per heavy atom. The molecule has 0 radical (unpaired) electrons. The molecule has 0 saturated heterocycles. The lowest BCUT2D eigenvalue weighted by Crippen LogP contribution is -2.60. The molecule has 2 unspecified atom stereocenters. The summed E-state index contributed by atoms with van der Waals surface area (Å²) in [5.41, 5.74) is 2.59. The first-order chi connectivity index (χ1) is 16.7. The standard InChI is InChI=1S/C25H27BrClFN6O/c1-14-21(15(2)33(31-14)11-18-3-4-19(28)6-20(18)27)30-22(35)24-7-16-5-17(8-24)10-25(9-16,12-24)34-13-29-23(26)32-34/h3-4,6,13,16-17H,5,7-12H2,1-2H3,(H,30,35). The van der Waals surface area contributed by atoms with E-state index in [0.29, 0.717) is 28.1 Å². The van der Waals surface area contributed by atoms with Crippen molar-refractivity contribution in [3.63, 3.8) is 0 Å². The van der Waals surface area contributed by atoms with Crippen LogP contribution < -0.4 is 5.32 Å². The van der Waals surface area contributed by atoms with Gasteiger partial charge in [0, 0.05) is 5.02 Å². The highest BCUT2D eigenvalue weighted by Gasteiger charge is 2.61. The molecule has 2 heterocycles. The normalized spacial score (nSPS) is 29.1. The Bertz CT molecular complexity index is 1320. The number of aromatic nitrogens is 5. The van der Waals surface area contributed by atoms with E-state index in [0.717, 1.165) is 54.7 Å². The van der Waals surface area contributed by atoms with Gasteiger partial charge in [-0.2, -0.15) is 5.10 Å². The van der Waals surface area contributed by atoms with Crippen molar-refractivity contribution in [1.29, 1.82) is 0 Å². The van der Waals surface area contributed by atoms with Crippen molar-refractivity contribution in [2.75, 3.05) is 5.32 Å². The zero-order valence-electron chi connectivity index (χ0n) is 19.7. The third-order valence-electron chi connectivity index (χ3n) is 8.42. The van der Waals surface area contributed by atoms with Crippen molar-refractivity contribution in [2.45, 2.75) is 64.5 Å². The second-order valence-electron chi connectivity index (χ2n) is 10.8. The van der Waals surface area contributed by atoms with Crippen LogP contribution in [0.25, 0.3) is 0 Å². The van der Waals surface area contributed by atoms with Gasteiger partial charge in [-0.15, -0.1) is 5.10 Å². The minimum absolute atomic E-state index is 0.0840. The molecule has 1 amide bonds. The van der Waals surface area contributed by atoms with Gasteiger partial charge in [0.15, 0.2) is 0 Å². The minimum Gasteiger partial charge on any atom is -0.322 e. The molecule has 2 atom stereocenters. The first-order valence-electron chi connectivity index (χ1n) is 12.0. The molecular weight excluding hydrogens is 535 g/mol. The fourth-order valence-electron chi connectivity index (χ4n) is 7.31. The molecule has 3 aromatic rings. The maximum atomic E-state index is 13.9. The smallest absolute Gasteiger partial charge is 0.230 e. The average molecular weight is 562 g/mol. The topological polar surface area (TPSA) is 77.6 Å². The molecule has 10 heteroatoms. The maximum absolute atomic E-state index is 13.9. The second-order valence-corrected chi connectivity index (χ2v) is 11.9. The third-order valence-corrected chi connectivity index (χ3v) is 9.13. The highest BCUT2D eigenvalue weighted by Crippen LogP contribution is 2.64. The number of hydrogen-bond donors (Lipinski definition) is 1. The van der Waals surface area contributed by atoms with Gasteiger partial charge in [-0.25, -0.2) is 14.1 Å². The van der Waals surface area contributed by atoms with E-state index < -0.39 is 5.41 Å². The molecule has 1 aromatic carbocycles. The van der Waals surface area contributed by atoms with Crippen LogP contribution in [0.2, 0.25) is 5.02 Å². The molecule has 2 aromatic heterocycles. The fourth-order valence-corrected chi connectivity index (χ4v) is 7.80. The molecule has 184 valence electrons. The quantitative estimate of drug-likeness (QED) is 0.438. The largest absolute Gasteiger partial charge is 0.322 e. The molecule has 1 N–H and O–H groups in total. The molecule has 4 bridgehead atoms. The second kappa shape index (κ2) is 8.13. The molecule has 0 spiro atoms. The highest BCUT2D eigenvalue weighted by molar-refractivity contribution is 9.10. The van der Waals surface area contributed by atoms with Gasteiger partial charge in [-0.05, 0) is 97.8 Å². The monoisotopic (exact) mass is 560 g/mol. The Kier molecular flexibility index (Phi) is 5.38. The number of aryl methyl sites for hydroxylation is 1. The van der Waals surface area contributed by atoms with Crippen LogP contribution in [0.3, 0.4) is 0 Å². The summed E-state index contributed by atoms with van der Waals surface area (Å²) in [6, 6.07) is 4.37. The van der Waals surface area contributed by atoms with Gasteiger partial charge >= 0.3 is 0 Å². The Labute approximate surface area is 216 Å². The lowest BCUT2D eigenvalue weighted by molar-refractivity contribution is -0.150. The van der Waals surface area contributed by atoms with Crippen molar-refractivity contribution in [3.05, 3.63) is 57.1 Å². The zero-order valence-corrected chi connectivity index (χ0v) is 22.0. The van der Waals surface area contributed by atoms with Crippen LogP contribution in [0.4, 0.5) is 10.1 Å². The number of rotatable bonds is 5. The number of anilines is 1. The summed E-state index contributed by atoms with van der Waals surface area (Å²) in [5, 5.41) is 12.9. The Balaban J connectivity index is 1.27.